The van der Waals surface area contributed by atoms with Crippen LogP contribution in [0.4, 0.5) is 32.0 Å². The highest BCUT2D eigenvalue weighted by atomic mass is 19.4. The van der Waals surface area contributed by atoms with Crippen molar-refractivity contribution in [1.82, 2.24) is 4.90 Å². The third-order valence-electron chi connectivity index (χ3n) is 3.52. The number of aliphatic carboxylic acids is 2. The van der Waals surface area contributed by atoms with E-state index < -0.39 is 24.3 Å². The summed E-state index contributed by atoms with van der Waals surface area (Å²) in [6, 6.07) is 8.04. The van der Waals surface area contributed by atoms with Gasteiger partial charge in [-0.2, -0.15) is 26.3 Å². The number of methoxy groups -OCH3 is 1. The summed E-state index contributed by atoms with van der Waals surface area (Å²) in [4.78, 5) is 22.0. The number of rotatable bonds is 2. The summed E-state index contributed by atoms with van der Waals surface area (Å²) in [5.74, 6) is -4.48. The number of hydrogen-bond donors (Lipinski definition) is 4. The molecule has 1 aliphatic rings. The van der Waals surface area contributed by atoms with Gasteiger partial charge in [-0.25, -0.2) is 9.59 Å². The minimum atomic E-state index is -5.08. The van der Waals surface area contributed by atoms with Crippen molar-refractivity contribution < 1.29 is 50.9 Å². The fraction of sp³-hybridized carbons (Fsp3) is 0.438. The van der Waals surface area contributed by atoms with Crippen LogP contribution in [-0.2, 0) is 9.59 Å². The molecule has 9 nitrogen and oxygen atoms in total. The molecule has 1 fully saturated rings. The van der Waals surface area contributed by atoms with Gasteiger partial charge >= 0.3 is 24.3 Å². The average molecular weight is 462 g/mol. The third-order valence-corrected chi connectivity index (χ3v) is 3.52. The molecule has 1 heterocycles. The number of carbonyl (C=O) groups is 2. The average Bonchev–Trinajstić information content (AvgIpc) is 2.67. The van der Waals surface area contributed by atoms with Crippen LogP contribution in [0.25, 0.3) is 0 Å². The van der Waals surface area contributed by atoms with Crippen LogP contribution in [0, 0.1) is 5.41 Å². The lowest BCUT2D eigenvalue weighted by Crippen LogP contribution is -2.50. The summed E-state index contributed by atoms with van der Waals surface area (Å²) in [6.07, 6.45) is -10.2. The van der Waals surface area contributed by atoms with E-state index in [2.05, 4.69) is 11.0 Å². The lowest BCUT2D eigenvalue weighted by atomic mass is 10.2. The van der Waals surface area contributed by atoms with Crippen molar-refractivity contribution in [2.75, 3.05) is 38.2 Å². The smallest absolute Gasteiger partial charge is 0.490 e. The predicted molar refractivity (Wildman–Crippen MR) is 96.1 cm³/mol. The first-order valence-electron chi connectivity index (χ1n) is 8.17. The molecule has 0 aromatic heterocycles. The number of nitrogens with two attached hydrogens (primary N) is 1. The molecule has 5 N–H and O–H groups in total. The van der Waals surface area contributed by atoms with Crippen LogP contribution in [0.3, 0.4) is 0 Å². The van der Waals surface area contributed by atoms with E-state index in [0.717, 1.165) is 37.6 Å². The van der Waals surface area contributed by atoms with Crippen LogP contribution >= 0.6 is 0 Å². The second-order valence-corrected chi connectivity index (χ2v) is 5.67. The molecule has 0 radical (unpaired) electrons. The highest BCUT2D eigenvalue weighted by molar-refractivity contribution is 5.75. The molecule has 0 atom stereocenters. The molecule has 176 valence electrons. The first-order valence-corrected chi connectivity index (χ1v) is 8.17. The summed E-state index contributed by atoms with van der Waals surface area (Å²) in [5, 5.41) is 21.6. The molecule has 0 bridgehead atoms. The molecule has 1 aromatic carbocycles. The van der Waals surface area contributed by atoms with Gasteiger partial charge in [0.15, 0.2) is 5.96 Å². The molecular formula is C16H20F6N4O5. The third kappa shape index (κ3) is 10.8. The lowest BCUT2D eigenvalue weighted by Gasteiger charge is -2.36. The van der Waals surface area contributed by atoms with Crippen LogP contribution in [0.5, 0.6) is 5.75 Å². The van der Waals surface area contributed by atoms with E-state index >= 15 is 0 Å². The van der Waals surface area contributed by atoms with Gasteiger partial charge < -0.3 is 30.5 Å². The number of nitrogens with one attached hydrogen (secondary N) is 1. The Hall–Kier alpha value is -3.39. The molecular weight excluding hydrogens is 442 g/mol. The Morgan fingerprint density at radius 2 is 1.42 bits per heavy atom. The van der Waals surface area contributed by atoms with Crippen molar-refractivity contribution in [1.29, 1.82) is 5.41 Å². The van der Waals surface area contributed by atoms with E-state index in [1.54, 1.807) is 7.11 Å². The van der Waals surface area contributed by atoms with Crippen molar-refractivity contribution in [2.45, 2.75) is 12.4 Å². The summed E-state index contributed by atoms with van der Waals surface area (Å²) < 4.78 is 68.7. The minimum Gasteiger partial charge on any atom is -0.497 e. The zero-order chi connectivity index (χ0) is 24.4. The van der Waals surface area contributed by atoms with Crippen LogP contribution in [-0.4, -0.2) is 78.7 Å². The Labute approximate surface area is 172 Å². The number of carboxylic acid groups (broad SMARTS) is 2. The van der Waals surface area contributed by atoms with Gasteiger partial charge in [-0.1, -0.05) is 6.07 Å². The van der Waals surface area contributed by atoms with E-state index in [4.69, 9.17) is 35.7 Å². The largest absolute Gasteiger partial charge is 0.497 e. The number of piperazine rings is 1. The van der Waals surface area contributed by atoms with Crippen molar-refractivity contribution in [3.63, 3.8) is 0 Å². The maximum atomic E-state index is 10.6. The molecule has 0 saturated carbocycles. The highest BCUT2D eigenvalue weighted by Crippen LogP contribution is 2.22. The molecule has 1 aliphatic heterocycles. The van der Waals surface area contributed by atoms with Gasteiger partial charge in [0.25, 0.3) is 0 Å². The van der Waals surface area contributed by atoms with E-state index in [1.807, 2.05) is 23.1 Å². The van der Waals surface area contributed by atoms with Gasteiger partial charge in [0.1, 0.15) is 5.75 Å². The lowest BCUT2D eigenvalue weighted by molar-refractivity contribution is -0.193. The molecule has 1 saturated heterocycles. The number of benzene rings is 1. The summed E-state index contributed by atoms with van der Waals surface area (Å²) in [6.45, 7) is 3.36. The van der Waals surface area contributed by atoms with Crippen LogP contribution in [0.2, 0.25) is 0 Å². The van der Waals surface area contributed by atoms with E-state index in [-0.39, 0.29) is 5.96 Å². The summed E-state index contributed by atoms with van der Waals surface area (Å²) >= 11 is 0. The molecule has 31 heavy (non-hydrogen) atoms. The second-order valence-electron chi connectivity index (χ2n) is 5.67. The van der Waals surface area contributed by atoms with Crippen LogP contribution < -0.4 is 15.4 Å². The maximum Gasteiger partial charge on any atom is 0.490 e. The quantitative estimate of drug-likeness (QED) is 0.297. The first-order chi connectivity index (χ1) is 14.1. The summed E-state index contributed by atoms with van der Waals surface area (Å²) in [5.41, 5.74) is 6.63. The fourth-order valence-corrected chi connectivity index (χ4v) is 2.01. The number of hydrogen-bond acceptors (Lipinski definition) is 5. The van der Waals surface area contributed by atoms with Gasteiger partial charge in [-0.05, 0) is 12.1 Å². The van der Waals surface area contributed by atoms with E-state index in [9.17, 15) is 26.3 Å². The van der Waals surface area contributed by atoms with Crippen molar-refractivity contribution in [2.24, 2.45) is 5.73 Å². The predicted octanol–water partition coefficient (Wildman–Crippen LogP) is 1.98. The Morgan fingerprint density at radius 3 is 1.74 bits per heavy atom. The number of alkyl halides is 6. The molecule has 0 amide bonds. The van der Waals surface area contributed by atoms with Crippen molar-refractivity contribution >= 4 is 23.6 Å². The van der Waals surface area contributed by atoms with Crippen molar-refractivity contribution in [3.05, 3.63) is 24.3 Å². The number of carboxylic acids is 2. The van der Waals surface area contributed by atoms with Crippen molar-refractivity contribution in [3.8, 4) is 5.75 Å². The molecule has 2 rings (SSSR count). The number of ether oxygens (including phenoxy) is 1. The number of guanidine groups is 1. The normalized spacial score (nSPS) is 13.8. The highest BCUT2D eigenvalue weighted by Gasteiger charge is 2.38. The van der Waals surface area contributed by atoms with E-state index in [0.29, 0.717) is 0 Å². The van der Waals surface area contributed by atoms with Gasteiger partial charge in [0.05, 0.1) is 7.11 Å². The maximum absolute atomic E-state index is 10.6. The van der Waals surface area contributed by atoms with Crippen LogP contribution in [0.15, 0.2) is 24.3 Å². The first kappa shape index (κ1) is 27.6. The number of nitrogens with zero attached hydrogens (tertiary/aromatic N) is 2. The van der Waals surface area contributed by atoms with Crippen LogP contribution in [0.1, 0.15) is 0 Å². The van der Waals surface area contributed by atoms with E-state index in [1.165, 1.54) is 0 Å². The van der Waals surface area contributed by atoms with Gasteiger partial charge in [-0.3, -0.25) is 5.41 Å². The Balaban J connectivity index is 0.000000536. The molecule has 0 aliphatic carbocycles. The van der Waals surface area contributed by atoms with Gasteiger partial charge in [0, 0.05) is 37.9 Å². The zero-order valence-electron chi connectivity index (χ0n) is 16.0. The van der Waals surface area contributed by atoms with Gasteiger partial charge in [0.2, 0.25) is 0 Å². The number of anilines is 1. The molecule has 1 aromatic rings. The zero-order valence-corrected chi connectivity index (χ0v) is 16.0. The Morgan fingerprint density at radius 1 is 1.00 bits per heavy atom. The monoisotopic (exact) mass is 462 g/mol. The standard InChI is InChI=1S/C12H18N4O.2C2HF3O2/c1-17-11-4-2-3-10(9-11)15-5-7-16(8-6-15)12(13)14;2*3-2(4,5)1(6)7/h2-4,9H,5-8H2,1H3,(H3,13,14);2*(H,6,7). The summed E-state index contributed by atoms with van der Waals surface area (Å²) in [7, 11) is 1.67. The SMILES string of the molecule is COc1cccc(N2CCN(C(=N)N)CC2)c1.O=C(O)C(F)(F)F.O=C(O)C(F)(F)F. The fourth-order valence-electron chi connectivity index (χ4n) is 2.01. The molecule has 0 unspecified atom stereocenters. The number of halogens is 6. The topological polar surface area (TPSA) is 140 Å². The Kier molecular flexibility index (Phi) is 10.4. The molecule has 0 spiro atoms. The molecule has 15 heteroatoms. The second kappa shape index (κ2) is 11.7. The Bertz CT molecular complexity index is 725. The minimum absolute atomic E-state index is 0.162. The van der Waals surface area contributed by atoms with Gasteiger partial charge in [-0.15, -0.1) is 0 Å².